The van der Waals surface area contributed by atoms with Crippen LogP contribution in [0.15, 0.2) is 6.07 Å². The van der Waals surface area contributed by atoms with Crippen LogP contribution in [0.3, 0.4) is 0 Å². The number of halogens is 1. The van der Waals surface area contributed by atoms with Gasteiger partial charge < -0.3 is 11.5 Å². The van der Waals surface area contributed by atoms with Crippen LogP contribution in [0.25, 0.3) is 0 Å². The molecule has 1 aromatic heterocycles. The van der Waals surface area contributed by atoms with Crippen LogP contribution in [0.4, 0.5) is 11.5 Å². The molecule has 0 unspecified atom stereocenters. The van der Waals surface area contributed by atoms with Crippen LogP contribution in [0.5, 0.6) is 0 Å². The molecule has 0 saturated carbocycles. The third-order valence-electron chi connectivity index (χ3n) is 1.86. The molecule has 0 radical (unpaired) electrons. The lowest BCUT2D eigenvalue weighted by Gasteiger charge is -2.21. The van der Waals surface area contributed by atoms with Crippen molar-refractivity contribution in [1.82, 2.24) is 4.98 Å². The van der Waals surface area contributed by atoms with Gasteiger partial charge in [0, 0.05) is 0 Å². The van der Waals surface area contributed by atoms with Crippen molar-refractivity contribution in [2.75, 3.05) is 11.5 Å². The molecule has 0 spiro atoms. The number of aromatic nitrogens is 1. The van der Waals surface area contributed by atoms with Gasteiger partial charge in [-0.15, -0.1) is 0 Å². The van der Waals surface area contributed by atoms with Crippen molar-refractivity contribution in [2.45, 2.75) is 26.2 Å². The maximum Gasteiger partial charge on any atom is 0.148 e. The number of hydrogen-bond acceptors (Lipinski definition) is 3. The second-order valence-electron chi connectivity index (χ2n) is 4.04. The van der Waals surface area contributed by atoms with E-state index in [1.165, 1.54) is 0 Å². The van der Waals surface area contributed by atoms with Gasteiger partial charge in [-0.3, -0.25) is 0 Å². The van der Waals surface area contributed by atoms with Crippen molar-refractivity contribution < 1.29 is 0 Å². The van der Waals surface area contributed by atoms with E-state index >= 15 is 0 Å². The van der Waals surface area contributed by atoms with Crippen molar-refractivity contribution >= 4 is 23.1 Å². The minimum Gasteiger partial charge on any atom is -0.396 e. The van der Waals surface area contributed by atoms with Gasteiger partial charge in [0.05, 0.1) is 5.69 Å². The summed E-state index contributed by atoms with van der Waals surface area (Å²) in [5, 5.41) is 0.386. The molecule has 1 heterocycles. The van der Waals surface area contributed by atoms with Gasteiger partial charge in [0.25, 0.3) is 0 Å². The van der Waals surface area contributed by atoms with Gasteiger partial charge in [0.15, 0.2) is 0 Å². The summed E-state index contributed by atoms with van der Waals surface area (Å²) in [5.41, 5.74) is 12.8. The van der Waals surface area contributed by atoms with Gasteiger partial charge in [-0.25, -0.2) is 4.98 Å². The molecular weight excluding hydrogens is 186 g/mol. The summed E-state index contributed by atoms with van der Waals surface area (Å²) >= 11 is 5.78. The van der Waals surface area contributed by atoms with E-state index in [0.29, 0.717) is 16.7 Å². The zero-order valence-corrected chi connectivity index (χ0v) is 8.81. The number of nitrogen functional groups attached to an aromatic ring is 2. The molecule has 0 bridgehead atoms. The summed E-state index contributed by atoms with van der Waals surface area (Å²) in [5.74, 6) is 0.303. The number of anilines is 2. The molecule has 0 aliphatic rings. The van der Waals surface area contributed by atoms with Crippen LogP contribution in [-0.2, 0) is 5.41 Å². The lowest BCUT2D eigenvalue weighted by Crippen LogP contribution is -2.16. The highest BCUT2D eigenvalue weighted by Crippen LogP contribution is 2.32. The van der Waals surface area contributed by atoms with Crippen molar-refractivity contribution in [3.63, 3.8) is 0 Å². The van der Waals surface area contributed by atoms with Gasteiger partial charge in [0.1, 0.15) is 11.0 Å². The molecule has 0 aliphatic carbocycles. The first-order valence-corrected chi connectivity index (χ1v) is 4.42. The summed E-state index contributed by atoms with van der Waals surface area (Å²) in [4.78, 5) is 3.87. The van der Waals surface area contributed by atoms with E-state index in [-0.39, 0.29) is 5.41 Å². The Morgan fingerprint density at radius 2 is 1.85 bits per heavy atom. The Morgan fingerprint density at radius 1 is 1.31 bits per heavy atom. The lowest BCUT2D eigenvalue weighted by molar-refractivity contribution is 0.592. The highest BCUT2D eigenvalue weighted by molar-refractivity contribution is 6.29. The Morgan fingerprint density at radius 3 is 2.31 bits per heavy atom. The topological polar surface area (TPSA) is 64.9 Å². The lowest BCUT2D eigenvalue weighted by atomic mass is 9.86. The van der Waals surface area contributed by atoms with Gasteiger partial charge in [0.2, 0.25) is 0 Å². The molecule has 0 aromatic carbocycles. The summed E-state index contributed by atoms with van der Waals surface area (Å²) in [6, 6.07) is 1.76. The third kappa shape index (κ3) is 2.04. The van der Waals surface area contributed by atoms with Crippen LogP contribution in [0.1, 0.15) is 26.3 Å². The van der Waals surface area contributed by atoms with Crippen molar-refractivity contribution in [3.05, 3.63) is 16.8 Å². The molecule has 1 aromatic rings. The Balaban J connectivity index is 3.37. The normalized spacial score (nSPS) is 11.7. The van der Waals surface area contributed by atoms with Gasteiger partial charge in [-0.05, 0) is 17.0 Å². The quantitative estimate of drug-likeness (QED) is 0.630. The van der Waals surface area contributed by atoms with Crippen molar-refractivity contribution in [1.29, 1.82) is 0 Å². The van der Waals surface area contributed by atoms with E-state index in [4.69, 9.17) is 23.1 Å². The fraction of sp³-hybridized carbons (Fsp3) is 0.444. The van der Waals surface area contributed by atoms with Crippen LogP contribution >= 0.6 is 11.6 Å². The van der Waals surface area contributed by atoms with Gasteiger partial charge in [-0.2, -0.15) is 0 Å². The number of pyridine rings is 1. The smallest absolute Gasteiger partial charge is 0.148 e. The van der Waals surface area contributed by atoms with Gasteiger partial charge >= 0.3 is 0 Å². The predicted molar refractivity (Wildman–Crippen MR) is 56.8 cm³/mol. The number of rotatable bonds is 0. The Kier molecular flexibility index (Phi) is 2.39. The Bertz CT molecular complexity index is 328. The molecule has 1 rings (SSSR count). The standard InChI is InChI=1S/C9H14ClN3/c1-9(2,3)5-4-6(10)13-8(12)7(5)11/h4H,11H2,1-3H3,(H2,12,13). The molecule has 0 amide bonds. The number of hydrogen-bond donors (Lipinski definition) is 2. The zero-order chi connectivity index (χ0) is 10.2. The fourth-order valence-corrected chi connectivity index (χ4v) is 1.36. The zero-order valence-electron chi connectivity index (χ0n) is 8.06. The minimum absolute atomic E-state index is 0.0647. The first-order chi connectivity index (χ1) is 5.82. The molecule has 3 nitrogen and oxygen atoms in total. The first-order valence-electron chi connectivity index (χ1n) is 4.04. The summed E-state index contributed by atoms with van der Waals surface area (Å²) in [6.07, 6.45) is 0. The number of nitrogens with two attached hydrogens (primary N) is 2. The molecular formula is C9H14ClN3. The van der Waals surface area contributed by atoms with E-state index in [2.05, 4.69) is 25.8 Å². The molecule has 0 aliphatic heterocycles. The highest BCUT2D eigenvalue weighted by atomic mass is 35.5. The van der Waals surface area contributed by atoms with Crippen LogP contribution in [-0.4, -0.2) is 4.98 Å². The first kappa shape index (κ1) is 10.1. The Hall–Kier alpha value is -0.960. The Labute approximate surface area is 83.1 Å². The minimum atomic E-state index is -0.0647. The average Bonchev–Trinajstić information content (AvgIpc) is 1.94. The second-order valence-corrected chi connectivity index (χ2v) is 4.43. The number of nitrogens with zero attached hydrogens (tertiary/aromatic N) is 1. The summed E-state index contributed by atoms with van der Waals surface area (Å²) in [7, 11) is 0. The average molecular weight is 200 g/mol. The van der Waals surface area contributed by atoms with Gasteiger partial charge in [-0.1, -0.05) is 32.4 Å². The highest BCUT2D eigenvalue weighted by Gasteiger charge is 2.19. The van der Waals surface area contributed by atoms with Crippen LogP contribution in [0, 0.1) is 0 Å². The molecule has 0 atom stereocenters. The van der Waals surface area contributed by atoms with Crippen molar-refractivity contribution in [3.8, 4) is 0 Å². The molecule has 0 saturated heterocycles. The summed E-state index contributed by atoms with van der Waals surface area (Å²) in [6.45, 7) is 6.15. The van der Waals surface area contributed by atoms with Crippen LogP contribution < -0.4 is 11.5 Å². The van der Waals surface area contributed by atoms with Crippen LogP contribution in [0.2, 0.25) is 5.15 Å². The second kappa shape index (κ2) is 3.07. The third-order valence-corrected chi connectivity index (χ3v) is 2.06. The molecule has 72 valence electrons. The maximum absolute atomic E-state index is 5.79. The molecule has 4 N–H and O–H groups in total. The fourth-order valence-electron chi connectivity index (χ4n) is 1.16. The van der Waals surface area contributed by atoms with E-state index in [1.54, 1.807) is 6.07 Å². The van der Waals surface area contributed by atoms with E-state index in [0.717, 1.165) is 5.56 Å². The SMILES string of the molecule is CC(C)(C)c1cc(Cl)nc(N)c1N. The predicted octanol–water partition coefficient (Wildman–Crippen LogP) is 2.20. The largest absolute Gasteiger partial charge is 0.396 e. The van der Waals surface area contributed by atoms with Crippen molar-refractivity contribution in [2.24, 2.45) is 0 Å². The van der Waals surface area contributed by atoms with E-state index in [9.17, 15) is 0 Å². The summed E-state index contributed by atoms with van der Waals surface area (Å²) < 4.78 is 0. The van der Waals surface area contributed by atoms with E-state index < -0.39 is 0 Å². The molecule has 0 fully saturated rings. The molecule has 4 heteroatoms. The monoisotopic (exact) mass is 199 g/mol. The molecule has 13 heavy (non-hydrogen) atoms. The maximum atomic E-state index is 5.79. The van der Waals surface area contributed by atoms with E-state index in [1.807, 2.05) is 0 Å².